The van der Waals surface area contributed by atoms with Gasteiger partial charge in [-0.3, -0.25) is 13.9 Å². The minimum Gasteiger partial charge on any atom is -0.496 e. The smallest absolute Gasteiger partial charge is 0.264 e. The van der Waals surface area contributed by atoms with Crippen LogP contribution in [0.25, 0.3) is 0 Å². The van der Waals surface area contributed by atoms with E-state index in [1.54, 1.807) is 31.2 Å². The fourth-order valence-electron chi connectivity index (χ4n) is 4.00. The number of rotatable bonds is 12. The summed E-state index contributed by atoms with van der Waals surface area (Å²) >= 11 is 3.34. The van der Waals surface area contributed by atoms with Crippen LogP contribution in [0.15, 0.2) is 76.1 Å². The van der Waals surface area contributed by atoms with Crippen LogP contribution < -0.4 is 14.4 Å². The van der Waals surface area contributed by atoms with Crippen molar-refractivity contribution in [3.63, 3.8) is 0 Å². The van der Waals surface area contributed by atoms with Crippen molar-refractivity contribution in [2.45, 2.75) is 45.2 Å². The third-order valence-corrected chi connectivity index (χ3v) is 8.82. The first-order valence-electron chi connectivity index (χ1n) is 13.1. The average Bonchev–Trinajstić information content (AvgIpc) is 2.94. The van der Waals surface area contributed by atoms with Gasteiger partial charge in [0.15, 0.2) is 0 Å². The van der Waals surface area contributed by atoms with Crippen molar-refractivity contribution in [1.29, 1.82) is 0 Å². The van der Waals surface area contributed by atoms with Crippen LogP contribution in [-0.2, 0) is 26.2 Å². The molecule has 0 heterocycles. The number of benzene rings is 3. The quantitative estimate of drug-likeness (QED) is 0.288. The van der Waals surface area contributed by atoms with Crippen molar-refractivity contribution in [2.24, 2.45) is 5.92 Å². The van der Waals surface area contributed by atoms with Gasteiger partial charge in [-0.05, 0) is 83.7 Å². The molecule has 0 radical (unpaired) electrons. The number of nitrogens with zero attached hydrogens (tertiary/aromatic N) is 2. The summed E-state index contributed by atoms with van der Waals surface area (Å²) < 4.78 is 48.2. The van der Waals surface area contributed by atoms with E-state index in [-0.39, 0.29) is 29.0 Å². The van der Waals surface area contributed by atoms with Crippen LogP contribution >= 0.6 is 15.9 Å². The first-order chi connectivity index (χ1) is 19.3. The van der Waals surface area contributed by atoms with E-state index < -0.39 is 34.3 Å². The third kappa shape index (κ3) is 8.29. The molecule has 0 aliphatic rings. The number of anilines is 1. The number of hydrogen-bond donors (Lipinski definition) is 1. The van der Waals surface area contributed by atoms with Gasteiger partial charge in [0, 0.05) is 13.1 Å². The molecule has 0 saturated carbocycles. The van der Waals surface area contributed by atoms with Crippen LogP contribution in [0.1, 0.15) is 31.9 Å². The maximum atomic E-state index is 14.0. The fraction of sp³-hybridized carbons (Fsp3) is 0.333. The molecule has 0 spiro atoms. The molecule has 11 heteroatoms. The van der Waals surface area contributed by atoms with Gasteiger partial charge in [0.05, 0.1) is 22.2 Å². The van der Waals surface area contributed by atoms with Crippen molar-refractivity contribution in [2.75, 3.05) is 24.5 Å². The monoisotopic (exact) mass is 647 g/mol. The molecule has 0 aromatic heterocycles. The highest BCUT2D eigenvalue weighted by molar-refractivity contribution is 9.10. The molecular formula is C30H35BrFN3O5S. The number of methoxy groups -OCH3 is 1. The van der Waals surface area contributed by atoms with E-state index in [9.17, 15) is 22.4 Å². The summed E-state index contributed by atoms with van der Waals surface area (Å²) in [7, 11) is -2.77. The Labute approximate surface area is 249 Å². The molecule has 0 saturated heterocycles. The number of carbonyl (C=O) groups excluding carboxylic acids is 2. The van der Waals surface area contributed by atoms with E-state index in [1.807, 2.05) is 20.8 Å². The lowest BCUT2D eigenvalue weighted by Crippen LogP contribution is -2.51. The molecule has 3 rings (SSSR count). The molecule has 0 bridgehead atoms. The number of amides is 2. The number of carbonyl (C=O) groups is 2. The predicted molar refractivity (Wildman–Crippen MR) is 161 cm³/mol. The van der Waals surface area contributed by atoms with Gasteiger partial charge < -0.3 is 15.0 Å². The molecule has 220 valence electrons. The highest BCUT2D eigenvalue weighted by Crippen LogP contribution is 2.31. The van der Waals surface area contributed by atoms with Gasteiger partial charge in [-0.1, -0.05) is 43.7 Å². The topological polar surface area (TPSA) is 96.0 Å². The second-order valence-electron chi connectivity index (χ2n) is 10.1. The zero-order chi connectivity index (χ0) is 30.3. The molecule has 0 aliphatic carbocycles. The highest BCUT2D eigenvalue weighted by Gasteiger charge is 2.33. The Morgan fingerprint density at radius 2 is 1.63 bits per heavy atom. The predicted octanol–water partition coefficient (Wildman–Crippen LogP) is 5.29. The Morgan fingerprint density at radius 3 is 2.20 bits per heavy atom. The molecule has 8 nitrogen and oxygen atoms in total. The molecule has 0 fully saturated rings. The molecule has 3 aromatic rings. The average molecular weight is 649 g/mol. The van der Waals surface area contributed by atoms with Crippen LogP contribution in [0.4, 0.5) is 10.1 Å². The van der Waals surface area contributed by atoms with Crippen LogP contribution in [0.2, 0.25) is 0 Å². The van der Waals surface area contributed by atoms with Crippen molar-refractivity contribution >= 4 is 43.5 Å². The molecule has 1 atom stereocenters. The fourth-order valence-corrected chi connectivity index (χ4v) is 6.13. The van der Waals surface area contributed by atoms with E-state index in [1.165, 1.54) is 54.5 Å². The second kappa shape index (κ2) is 14.0. The highest BCUT2D eigenvalue weighted by atomic mass is 79.9. The van der Waals surface area contributed by atoms with Gasteiger partial charge in [-0.15, -0.1) is 0 Å². The Kier molecular flexibility index (Phi) is 10.9. The van der Waals surface area contributed by atoms with E-state index >= 15 is 0 Å². The number of halogens is 2. The SMILES string of the molecule is COc1ccc(S(=O)(=O)N(CC(=O)N(Cc2ccc(F)cc2)[C@H](C)C(=O)NCC(C)C)c2ccc(C)cc2)cc1Br. The van der Waals surface area contributed by atoms with Crippen LogP contribution in [0.5, 0.6) is 5.75 Å². The zero-order valence-corrected chi connectivity index (χ0v) is 26.1. The molecular weight excluding hydrogens is 613 g/mol. The summed E-state index contributed by atoms with van der Waals surface area (Å²) in [5.41, 5.74) is 1.79. The summed E-state index contributed by atoms with van der Waals surface area (Å²) in [6.45, 7) is 7.18. The Balaban J connectivity index is 2.03. The van der Waals surface area contributed by atoms with Crippen LogP contribution in [0.3, 0.4) is 0 Å². The van der Waals surface area contributed by atoms with E-state index in [4.69, 9.17) is 4.74 Å². The van der Waals surface area contributed by atoms with Crippen LogP contribution in [0, 0.1) is 18.7 Å². The normalized spacial score (nSPS) is 12.1. The number of aryl methyl sites for hydroxylation is 1. The Hall–Kier alpha value is -3.44. The van der Waals surface area contributed by atoms with E-state index in [2.05, 4.69) is 21.2 Å². The second-order valence-corrected chi connectivity index (χ2v) is 12.8. The lowest BCUT2D eigenvalue weighted by molar-refractivity contribution is -0.139. The molecule has 0 unspecified atom stereocenters. The summed E-state index contributed by atoms with van der Waals surface area (Å²) in [4.78, 5) is 28.2. The summed E-state index contributed by atoms with van der Waals surface area (Å²) in [6, 6.07) is 15.8. The van der Waals surface area contributed by atoms with Gasteiger partial charge in [0.2, 0.25) is 11.8 Å². The van der Waals surface area contributed by atoms with Gasteiger partial charge in [-0.2, -0.15) is 0 Å². The lowest BCUT2D eigenvalue weighted by atomic mass is 10.1. The maximum absolute atomic E-state index is 14.0. The van der Waals surface area contributed by atoms with Crippen LogP contribution in [-0.4, -0.2) is 51.4 Å². The number of hydrogen-bond acceptors (Lipinski definition) is 5. The van der Waals surface area contributed by atoms with Crippen molar-refractivity contribution in [1.82, 2.24) is 10.2 Å². The number of sulfonamides is 1. The van der Waals surface area contributed by atoms with Crippen molar-refractivity contribution in [3.05, 3.63) is 88.1 Å². The van der Waals surface area contributed by atoms with E-state index in [0.29, 0.717) is 22.3 Å². The molecule has 41 heavy (non-hydrogen) atoms. The molecule has 0 aliphatic heterocycles. The summed E-state index contributed by atoms with van der Waals surface area (Å²) in [5, 5.41) is 2.83. The van der Waals surface area contributed by atoms with Gasteiger partial charge in [-0.25, -0.2) is 12.8 Å². The summed E-state index contributed by atoms with van der Waals surface area (Å²) in [5.74, 6) is -0.764. The number of ether oxygens (including phenoxy) is 1. The minimum atomic E-state index is -4.24. The van der Waals surface area contributed by atoms with Gasteiger partial charge >= 0.3 is 0 Å². The minimum absolute atomic E-state index is 0.0226. The largest absolute Gasteiger partial charge is 0.496 e. The van der Waals surface area contributed by atoms with Gasteiger partial charge in [0.25, 0.3) is 10.0 Å². The Bertz CT molecular complexity index is 1460. The summed E-state index contributed by atoms with van der Waals surface area (Å²) in [6.07, 6.45) is 0. The third-order valence-electron chi connectivity index (χ3n) is 6.43. The zero-order valence-electron chi connectivity index (χ0n) is 23.7. The molecule has 1 N–H and O–H groups in total. The Morgan fingerprint density at radius 1 is 1.00 bits per heavy atom. The first-order valence-corrected chi connectivity index (χ1v) is 15.3. The van der Waals surface area contributed by atoms with Crippen molar-refractivity contribution in [3.8, 4) is 5.75 Å². The molecule has 2 amide bonds. The lowest BCUT2D eigenvalue weighted by Gasteiger charge is -2.32. The standard InChI is InChI=1S/C30H35BrFN3O5S/c1-20(2)17-33-30(37)22(4)34(18-23-8-10-24(32)11-9-23)29(36)19-35(25-12-6-21(3)7-13-25)41(38,39)26-14-15-28(40-5)27(31)16-26/h6-16,20,22H,17-19H2,1-5H3,(H,33,37)/t22-/m1/s1. The van der Waals surface area contributed by atoms with Gasteiger partial charge in [0.1, 0.15) is 24.2 Å². The van der Waals surface area contributed by atoms with E-state index in [0.717, 1.165) is 9.87 Å². The number of nitrogens with one attached hydrogen (secondary N) is 1. The first kappa shape index (κ1) is 32.1. The maximum Gasteiger partial charge on any atom is 0.264 e. The van der Waals surface area contributed by atoms with Crippen molar-refractivity contribution < 1.29 is 27.1 Å². The molecule has 3 aromatic carbocycles.